The molecule has 0 spiro atoms. The molecule has 0 unspecified atom stereocenters. The fourth-order valence-electron chi connectivity index (χ4n) is 1.65. The van der Waals surface area contributed by atoms with Crippen LogP contribution in [0.2, 0.25) is 0 Å². The maximum atomic E-state index is 9.27. The standard InChI is InChI=1S/C16H9IN2/c17-16-4-2-1-3-14(16)9-15(11-19)13-7-5-12(10-18)6-8-13/h1-9H. The highest BCUT2D eigenvalue weighted by Gasteiger charge is 2.03. The lowest BCUT2D eigenvalue weighted by Crippen LogP contribution is -1.85. The van der Waals surface area contributed by atoms with Gasteiger partial charge in [-0.15, -0.1) is 0 Å². The third-order valence-electron chi connectivity index (χ3n) is 2.65. The van der Waals surface area contributed by atoms with Gasteiger partial charge >= 0.3 is 0 Å². The van der Waals surface area contributed by atoms with E-state index in [1.807, 2.05) is 30.3 Å². The number of allylic oxidation sites excluding steroid dienone is 1. The fraction of sp³-hybridized carbons (Fsp3) is 0. The summed E-state index contributed by atoms with van der Waals surface area (Å²) in [6.07, 6.45) is 1.86. The van der Waals surface area contributed by atoms with Gasteiger partial charge in [-0.1, -0.05) is 30.3 Å². The summed E-state index contributed by atoms with van der Waals surface area (Å²) in [5.74, 6) is 0. The van der Waals surface area contributed by atoms with Gasteiger partial charge in [0.25, 0.3) is 0 Å². The number of nitrogens with zero attached hydrogens (tertiary/aromatic N) is 2. The van der Waals surface area contributed by atoms with E-state index in [9.17, 15) is 5.26 Å². The van der Waals surface area contributed by atoms with E-state index in [0.717, 1.165) is 14.7 Å². The molecule has 0 aliphatic heterocycles. The SMILES string of the molecule is N#CC(=Cc1ccccc1I)c1ccc(C#N)cc1. The van der Waals surface area contributed by atoms with Crippen LogP contribution in [0.1, 0.15) is 16.7 Å². The van der Waals surface area contributed by atoms with Crippen LogP contribution in [-0.2, 0) is 0 Å². The van der Waals surface area contributed by atoms with Crippen molar-refractivity contribution >= 4 is 34.2 Å². The Bertz CT molecular complexity index is 701. The highest BCUT2D eigenvalue weighted by molar-refractivity contribution is 14.1. The van der Waals surface area contributed by atoms with Gasteiger partial charge in [0.05, 0.1) is 23.3 Å². The maximum Gasteiger partial charge on any atom is 0.0998 e. The first-order valence-corrected chi connectivity index (χ1v) is 6.69. The summed E-state index contributed by atoms with van der Waals surface area (Å²) < 4.78 is 1.10. The Morgan fingerprint density at radius 3 is 2.26 bits per heavy atom. The summed E-state index contributed by atoms with van der Waals surface area (Å²) in [4.78, 5) is 0. The molecule has 0 N–H and O–H groups in total. The van der Waals surface area contributed by atoms with Crippen molar-refractivity contribution in [1.29, 1.82) is 10.5 Å². The average molecular weight is 356 g/mol. The lowest BCUT2D eigenvalue weighted by Gasteiger charge is -2.01. The molecule has 0 bridgehead atoms. The van der Waals surface area contributed by atoms with Crippen LogP contribution in [0.5, 0.6) is 0 Å². The van der Waals surface area contributed by atoms with Crippen LogP contribution >= 0.6 is 22.6 Å². The first-order chi connectivity index (χ1) is 9.24. The molecular weight excluding hydrogens is 347 g/mol. The molecule has 0 heterocycles. The zero-order valence-corrected chi connectivity index (χ0v) is 12.1. The molecule has 19 heavy (non-hydrogen) atoms. The van der Waals surface area contributed by atoms with Crippen molar-refractivity contribution in [3.8, 4) is 12.1 Å². The number of benzene rings is 2. The molecule has 0 saturated heterocycles. The molecule has 90 valence electrons. The van der Waals surface area contributed by atoms with E-state index in [4.69, 9.17) is 5.26 Å². The Hall–Kier alpha value is -2.11. The first-order valence-electron chi connectivity index (χ1n) is 5.61. The van der Waals surface area contributed by atoms with Crippen LogP contribution in [0, 0.1) is 26.2 Å². The molecule has 0 atom stereocenters. The summed E-state index contributed by atoms with van der Waals surface area (Å²) in [7, 11) is 0. The Balaban J connectivity index is 2.43. The van der Waals surface area contributed by atoms with Crippen molar-refractivity contribution < 1.29 is 0 Å². The molecule has 0 saturated carbocycles. The van der Waals surface area contributed by atoms with E-state index in [-0.39, 0.29) is 0 Å². The summed E-state index contributed by atoms with van der Waals surface area (Å²) in [6.45, 7) is 0. The minimum absolute atomic E-state index is 0.591. The summed E-state index contributed by atoms with van der Waals surface area (Å²) in [5.41, 5.74) is 3.02. The van der Waals surface area contributed by atoms with E-state index >= 15 is 0 Å². The van der Waals surface area contributed by atoms with Gasteiger partial charge in [0.1, 0.15) is 0 Å². The topological polar surface area (TPSA) is 47.6 Å². The smallest absolute Gasteiger partial charge is 0.0998 e. The van der Waals surface area contributed by atoms with E-state index in [2.05, 4.69) is 34.7 Å². The maximum absolute atomic E-state index is 9.27. The molecule has 2 nitrogen and oxygen atoms in total. The molecule has 0 fully saturated rings. The van der Waals surface area contributed by atoms with E-state index < -0.39 is 0 Å². The summed E-state index contributed by atoms with van der Waals surface area (Å²) in [5, 5.41) is 18.0. The van der Waals surface area contributed by atoms with E-state index in [0.29, 0.717) is 11.1 Å². The van der Waals surface area contributed by atoms with Gasteiger partial charge in [0, 0.05) is 3.57 Å². The van der Waals surface area contributed by atoms with Crippen LogP contribution in [-0.4, -0.2) is 0 Å². The second kappa shape index (κ2) is 6.17. The molecule has 0 aliphatic rings. The van der Waals surface area contributed by atoms with Crippen molar-refractivity contribution in [1.82, 2.24) is 0 Å². The number of rotatable bonds is 2. The van der Waals surface area contributed by atoms with Gasteiger partial charge < -0.3 is 0 Å². The predicted octanol–water partition coefficient (Wildman–Crippen LogP) is 4.23. The van der Waals surface area contributed by atoms with Crippen molar-refractivity contribution in [2.24, 2.45) is 0 Å². The number of hydrogen-bond donors (Lipinski definition) is 0. The van der Waals surface area contributed by atoms with Gasteiger partial charge in [0.15, 0.2) is 0 Å². The van der Waals surface area contributed by atoms with Crippen LogP contribution in [0.15, 0.2) is 48.5 Å². The lowest BCUT2D eigenvalue weighted by molar-refractivity contribution is 1.47. The molecule has 2 aromatic carbocycles. The molecule has 3 heteroatoms. The molecule has 0 radical (unpaired) electrons. The van der Waals surface area contributed by atoms with E-state index in [1.165, 1.54) is 0 Å². The third-order valence-corrected chi connectivity index (χ3v) is 3.63. The van der Waals surface area contributed by atoms with Gasteiger partial charge in [-0.2, -0.15) is 10.5 Å². The Kier molecular flexibility index (Phi) is 4.33. The van der Waals surface area contributed by atoms with Crippen molar-refractivity contribution in [2.75, 3.05) is 0 Å². The van der Waals surface area contributed by atoms with Crippen LogP contribution in [0.25, 0.3) is 11.6 Å². The summed E-state index contributed by atoms with van der Waals surface area (Å²) >= 11 is 2.24. The highest BCUT2D eigenvalue weighted by Crippen LogP contribution is 2.21. The van der Waals surface area contributed by atoms with Crippen LogP contribution < -0.4 is 0 Å². The second-order valence-electron chi connectivity index (χ2n) is 3.88. The van der Waals surface area contributed by atoms with Crippen LogP contribution in [0.3, 0.4) is 0 Å². The normalized spacial score (nSPS) is 10.6. The zero-order valence-electron chi connectivity index (χ0n) is 9.97. The zero-order chi connectivity index (χ0) is 13.7. The summed E-state index contributed by atoms with van der Waals surface area (Å²) in [6, 6.07) is 19.2. The average Bonchev–Trinajstić information content (AvgIpc) is 2.47. The number of hydrogen-bond acceptors (Lipinski definition) is 2. The quantitative estimate of drug-likeness (QED) is 0.459. The largest absolute Gasteiger partial charge is 0.192 e. The predicted molar refractivity (Wildman–Crippen MR) is 83.8 cm³/mol. The van der Waals surface area contributed by atoms with Gasteiger partial charge in [0.2, 0.25) is 0 Å². The van der Waals surface area contributed by atoms with Crippen molar-refractivity contribution in [3.63, 3.8) is 0 Å². The van der Waals surface area contributed by atoms with Crippen molar-refractivity contribution in [2.45, 2.75) is 0 Å². The number of nitriles is 2. The minimum Gasteiger partial charge on any atom is -0.192 e. The first kappa shape index (κ1) is 13.3. The molecule has 0 aromatic heterocycles. The molecule has 0 aliphatic carbocycles. The molecule has 0 amide bonds. The molecule has 2 aromatic rings. The third kappa shape index (κ3) is 3.21. The Morgan fingerprint density at radius 2 is 1.68 bits per heavy atom. The van der Waals surface area contributed by atoms with Gasteiger partial charge in [-0.3, -0.25) is 0 Å². The van der Waals surface area contributed by atoms with Gasteiger partial charge in [-0.05, 0) is 58.0 Å². The minimum atomic E-state index is 0.591. The fourth-order valence-corrected chi connectivity index (χ4v) is 2.20. The Morgan fingerprint density at radius 1 is 1.00 bits per heavy atom. The van der Waals surface area contributed by atoms with Gasteiger partial charge in [-0.25, -0.2) is 0 Å². The Labute approximate surface area is 125 Å². The lowest BCUT2D eigenvalue weighted by atomic mass is 10.0. The van der Waals surface area contributed by atoms with Crippen molar-refractivity contribution in [3.05, 3.63) is 68.8 Å². The molecule has 2 rings (SSSR count). The second-order valence-corrected chi connectivity index (χ2v) is 5.04. The van der Waals surface area contributed by atoms with E-state index in [1.54, 1.807) is 24.3 Å². The highest BCUT2D eigenvalue weighted by atomic mass is 127. The van der Waals surface area contributed by atoms with Crippen LogP contribution in [0.4, 0.5) is 0 Å². The monoisotopic (exact) mass is 356 g/mol. The molecular formula is C16H9IN2. The number of halogens is 1.